The van der Waals surface area contributed by atoms with E-state index in [2.05, 4.69) is 22.3 Å². The van der Waals surface area contributed by atoms with Gasteiger partial charge in [-0.05, 0) is 37.3 Å². The molecule has 1 atom stereocenters. The Bertz CT molecular complexity index is 649. The molecular weight excluding hydrogens is 338 g/mol. The van der Waals surface area contributed by atoms with E-state index in [1.165, 1.54) is 6.26 Å². The monoisotopic (exact) mass is 367 g/mol. The Hall–Kier alpha value is -1.76. The van der Waals surface area contributed by atoms with Crippen molar-refractivity contribution in [1.82, 2.24) is 10.2 Å². The van der Waals surface area contributed by atoms with Gasteiger partial charge in [0.25, 0.3) is 0 Å². The minimum Gasteiger partial charge on any atom is -0.375 e. The van der Waals surface area contributed by atoms with Gasteiger partial charge in [-0.1, -0.05) is 18.2 Å². The fourth-order valence-electron chi connectivity index (χ4n) is 3.25. The Labute approximate surface area is 151 Å². The van der Waals surface area contributed by atoms with Crippen molar-refractivity contribution in [2.45, 2.75) is 19.3 Å². The molecule has 0 bridgehead atoms. The van der Waals surface area contributed by atoms with Crippen molar-refractivity contribution in [3.05, 3.63) is 30.3 Å². The lowest BCUT2D eigenvalue weighted by molar-refractivity contribution is 0.170. The van der Waals surface area contributed by atoms with Gasteiger partial charge in [0, 0.05) is 45.2 Å². The number of carbonyl (C=O) groups is 1. The number of urea groups is 1. The molecule has 1 aliphatic rings. The maximum atomic E-state index is 12.3. The summed E-state index contributed by atoms with van der Waals surface area (Å²) >= 11 is 0. The first kappa shape index (κ1) is 19.6. The summed E-state index contributed by atoms with van der Waals surface area (Å²) in [5, 5.41) is 2.95. The number of sulfone groups is 1. The highest BCUT2D eigenvalue weighted by atomic mass is 32.2. The van der Waals surface area contributed by atoms with Crippen LogP contribution in [0.5, 0.6) is 0 Å². The topological polar surface area (TPSA) is 69.7 Å². The Morgan fingerprint density at radius 3 is 2.72 bits per heavy atom. The predicted molar refractivity (Wildman–Crippen MR) is 102 cm³/mol. The van der Waals surface area contributed by atoms with Crippen LogP contribution in [0.25, 0.3) is 0 Å². The standard InChI is InChI=1S/C18H29N3O3S/c1-20(17-9-4-3-5-10-17)12-7-11-19-18(22)21-13-6-8-16(14-21)15-25(2,23)24/h3-5,9-10,16H,6-8,11-15H2,1-2H3,(H,19,22). The van der Waals surface area contributed by atoms with E-state index in [-0.39, 0.29) is 17.7 Å². The molecule has 1 aromatic rings. The highest BCUT2D eigenvalue weighted by molar-refractivity contribution is 7.90. The first-order chi connectivity index (χ1) is 11.8. The van der Waals surface area contributed by atoms with Gasteiger partial charge in [-0.15, -0.1) is 0 Å². The molecule has 1 aromatic carbocycles. The number of hydrogen-bond acceptors (Lipinski definition) is 4. The normalized spacial score (nSPS) is 18.0. The molecule has 1 heterocycles. The van der Waals surface area contributed by atoms with Gasteiger partial charge in [-0.25, -0.2) is 13.2 Å². The van der Waals surface area contributed by atoms with Crippen LogP contribution in [0.15, 0.2) is 30.3 Å². The van der Waals surface area contributed by atoms with Crippen molar-refractivity contribution >= 4 is 21.6 Å². The third kappa shape index (κ3) is 6.94. The number of rotatable bonds is 7. The molecule has 1 aliphatic heterocycles. The predicted octanol–water partition coefficient (Wildman–Crippen LogP) is 1.98. The van der Waals surface area contributed by atoms with Crippen LogP contribution in [0.3, 0.4) is 0 Å². The summed E-state index contributed by atoms with van der Waals surface area (Å²) in [4.78, 5) is 16.2. The molecule has 2 rings (SSSR count). The van der Waals surface area contributed by atoms with Crippen molar-refractivity contribution in [3.8, 4) is 0 Å². The lowest BCUT2D eigenvalue weighted by Crippen LogP contribution is -2.47. The van der Waals surface area contributed by atoms with Crippen LogP contribution in [0.2, 0.25) is 0 Å². The molecule has 6 nitrogen and oxygen atoms in total. The largest absolute Gasteiger partial charge is 0.375 e. The summed E-state index contributed by atoms with van der Waals surface area (Å²) in [7, 11) is -0.954. The number of benzene rings is 1. The van der Waals surface area contributed by atoms with E-state index in [1.54, 1.807) is 4.90 Å². The molecule has 2 amide bonds. The average Bonchev–Trinajstić information content (AvgIpc) is 2.58. The second kappa shape index (κ2) is 9.08. The van der Waals surface area contributed by atoms with Gasteiger partial charge < -0.3 is 15.1 Å². The van der Waals surface area contributed by atoms with Crippen molar-refractivity contribution in [3.63, 3.8) is 0 Å². The van der Waals surface area contributed by atoms with Crippen LogP contribution in [-0.4, -0.2) is 64.6 Å². The van der Waals surface area contributed by atoms with Gasteiger partial charge in [0.15, 0.2) is 0 Å². The number of para-hydroxylation sites is 1. The molecule has 0 spiro atoms. The molecule has 1 fully saturated rings. The molecule has 25 heavy (non-hydrogen) atoms. The van der Waals surface area contributed by atoms with E-state index in [1.807, 2.05) is 25.2 Å². The average molecular weight is 368 g/mol. The summed E-state index contributed by atoms with van der Waals surface area (Å²) in [5.41, 5.74) is 1.16. The van der Waals surface area contributed by atoms with Crippen LogP contribution in [0, 0.1) is 5.92 Å². The third-order valence-electron chi connectivity index (χ3n) is 4.49. The van der Waals surface area contributed by atoms with Crippen LogP contribution in [0.1, 0.15) is 19.3 Å². The SMILES string of the molecule is CN(CCCNC(=O)N1CCCC(CS(C)(=O)=O)C1)c1ccccc1. The number of hydrogen-bond donors (Lipinski definition) is 1. The zero-order valence-electron chi connectivity index (χ0n) is 15.1. The molecule has 0 aliphatic carbocycles. The summed E-state index contributed by atoms with van der Waals surface area (Å²) in [5.74, 6) is 0.220. The van der Waals surface area contributed by atoms with Crippen molar-refractivity contribution in [2.75, 3.05) is 50.1 Å². The summed E-state index contributed by atoms with van der Waals surface area (Å²) in [6.07, 6.45) is 3.86. The molecule has 140 valence electrons. The molecule has 1 N–H and O–H groups in total. The number of piperidine rings is 1. The van der Waals surface area contributed by atoms with Gasteiger partial charge in [0.1, 0.15) is 9.84 Å². The smallest absolute Gasteiger partial charge is 0.317 e. The first-order valence-electron chi connectivity index (χ1n) is 8.82. The number of anilines is 1. The molecule has 0 aromatic heterocycles. The Balaban J connectivity index is 1.69. The minimum atomic E-state index is -2.99. The van der Waals surface area contributed by atoms with E-state index in [0.29, 0.717) is 19.6 Å². The lowest BCUT2D eigenvalue weighted by atomic mass is 10.0. The maximum Gasteiger partial charge on any atom is 0.317 e. The van der Waals surface area contributed by atoms with Crippen LogP contribution < -0.4 is 10.2 Å². The highest BCUT2D eigenvalue weighted by Gasteiger charge is 2.25. The summed E-state index contributed by atoms with van der Waals surface area (Å²) < 4.78 is 22.9. The fourth-order valence-corrected chi connectivity index (χ4v) is 4.38. The third-order valence-corrected chi connectivity index (χ3v) is 5.57. The minimum absolute atomic E-state index is 0.0544. The van der Waals surface area contributed by atoms with Crippen LogP contribution in [0.4, 0.5) is 10.5 Å². The fraction of sp³-hybridized carbons (Fsp3) is 0.611. The van der Waals surface area contributed by atoms with Gasteiger partial charge in [-0.2, -0.15) is 0 Å². The number of nitrogens with zero attached hydrogens (tertiary/aromatic N) is 2. The van der Waals surface area contributed by atoms with E-state index in [4.69, 9.17) is 0 Å². The van der Waals surface area contributed by atoms with Gasteiger partial charge in [-0.3, -0.25) is 0 Å². The second-order valence-corrected chi connectivity index (χ2v) is 9.07. The highest BCUT2D eigenvalue weighted by Crippen LogP contribution is 2.18. The van der Waals surface area contributed by atoms with Crippen molar-refractivity contribution in [1.29, 1.82) is 0 Å². The quantitative estimate of drug-likeness (QED) is 0.748. The molecule has 1 unspecified atom stereocenters. The molecule has 1 saturated heterocycles. The lowest BCUT2D eigenvalue weighted by Gasteiger charge is -2.32. The van der Waals surface area contributed by atoms with Gasteiger partial charge in [0.2, 0.25) is 0 Å². The number of likely N-dealkylation sites (tertiary alicyclic amines) is 1. The molecule has 7 heteroatoms. The first-order valence-corrected chi connectivity index (χ1v) is 10.9. The van der Waals surface area contributed by atoms with E-state index in [0.717, 1.165) is 31.5 Å². The molecule has 0 saturated carbocycles. The zero-order chi connectivity index (χ0) is 18.3. The maximum absolute atomic E-state index is 12.3. The van der Waals surface area contributed by atoms with Crippen LogP contribution >= 0.6 is 0 Å². The number of carbonyl (C=O) groups excluding carboxylic acids is 1. The zero-order valence-corrected chi connectivity index (χ0v) is 16.0. The Morgan fingerprint density at radius 1 is 1.32 bits per heavy atom. The molecular formula is C18H29N3O3S. The molecule has 0 radical (unpaired) electrons. The van der Waals surface area contributed by atoms with Crippen molar-refractivity contribution < 1.29 is 13.2 Å². The second-order valence-electron chi connectivity index (χ2n) is 6.89. The Kier molecular flexibility index (Phi) is 7.11. The van der Waals surface area contributed by atoms with Gasteiger partial charge in [0.05, 0.1) is 5.75 Å². The van der Waals surface area contributed by atoms with E-state index >= 15 is 0 Å². The number of amides is 2. The summed E-state index contributed by atoms with van der Waals surface area (Å²) in [6.45, 7) is 2.71. The van der Waals surface area contributed by atoms with E-state index in [9.17, 15) is 13.2 Å². The number of nitrogens with one attached hydrogen (secondary N) is 1. The summed E-state index contributed by atoms with van der Waals surface area (Å²) in [6, 6.07) is 10.1. The van der Waals surface area contributed by atoms with Crippen molar-refractivity contribution in [2.24, 2.45) is 5.92 Å². The van der Waals surface area contributed by atoms with Crippen LogP contribution in [-0.2, 0) is 9.84 Å². The Morgan fingerprint density at radius 2 is 2.04 bits per heavy atom. The van der Waals surface area contributed by atoms with E-state index < -0.39 is 9.84 Å². The van der Waals surface area contributed by atoms with Gasteiger partial charge >= 0.3 is 6.03 Å².